The van der Waals surface area contributed by atoms with Gasteiger partial charge in [-0.15, -0.1) is 0 Å². The first-order chi connectivity index (χ1) is 10.5. The number of carboxylic acid groups (broad SMARTS) is 2. The Morgan fingerprint density at radius 3 is 2.27 bits per heavy atom. The Hall–Kier alpha value is -2.67. The minimum atomic E-state index is -1.17. The number of carbonyl (C=O) groups is 3. The van der Waals surface area contributed by atoms with E-state index in [4.69, 9.17) is 9.84 Å². The van der Waals surface area contributed by atoms with Gasteiger partial charge in [0.1, 0.15) is 5.92 Å². The molecule has 2 aliphatic heterocycles. The molecule has 7 nitrogen and oxygen atoms in total. The van der Waals surface area contributed by atoms with Crippen molar-refractivity contribution in [3.05, 3.63) is 42.0 Å². The molecule has 1 aromatic rings. The van der Waals surface area contributed by atoms with Crippen molar-refractivity contribution < 1.29 is 29.3 Å². The number of aromatic carboxylic acids is 1. The summed E-state index contributed by atoms with van der Waals surface area (Å²) < 4.78 is 5.43. The van der Waals surface area contributed by atoms with Crippen LogP contribution in [0.3, 0.4) is 0 Å². The fourth-order valence-corrected chi connectivity index (χ4v) is 2.91. The third kappa shape index (κ3) is 2.25. The van der Waals surface area contributed by atoms with Gasteiger partial charge in [-0.05, 0) is 12.1 Å². The number of ether oxygens (including phenoxy) is 1. The Kier molecular flexibility index (Phi) is 3.42. The maximum Gasteiger partial charge on any atom is 0.337 e. The molecular weight excluding hydrogens is 290 g/mol. The van der Waals surface area contributed by atoms with Gasteiger partial charge in [0.25, 0.3) is 0 Å². The largest absolute Gasteiger partial charge is 0.481 e. The number of aliphatic carboxylic acids is 1. The maximum atomic E-state index is 12.4. The second kappa shape index (κ2) is 5.27. The van der Waals surface area contributed by atoms with Crippen LogP contribution in [0, 0.1) is 11.8 Å². The molecule has 1 amide bonds. The normalized spacial score (nSPS) is 28.5. The maximum absolute atomic E-state index is 12.4. The minimum Gasteiger partial charge on any atom is -0.481 e. The van der Waals surface area contributed by atoms with Crippen LogP contribution in [0.25, 0.3) is 0 Å². The molecule has 3 rings (SSSR count). The van der Waals surface area contributed by atoms with E-state index in [0.717, 1.165) is 0 Å². The molecule has 2 bridgehead atoms. The molecule has 2 heterocycles. The van der Waals surface area contributed by atoms with Crippen LogP contribution in [0.1, 0.15) is 10.4 Å². The van der Waals surface area contributed by atoms with Gasteiger partial charge in [-0.3, -0.25) is 9.59 Å². The number of hydrogen-bond acceptors (Lipinski definition) is 4. The number of benzene rings is 1. The molecular formula is C15H13NO6. The highest BCUT2D eigenvalue weighted by molar-refractivity contribution is 6.02. The van der Waals surface area contributed by atoms with Gasteiger partial charge < -0.3 is 20.3 Å². The lowest BCUT2D eigenvalue weighted by atomic mass is 9.82. The van der Waals surface area contributed by atoms with E-state index in [9.17, 15) is 19.5 Å². The molecule has 0 aromatic heterocycles. The number of carboxylic acids is 2. The Balaban J connectivity index is 1.85. The summed E-state index contributed by atoms with van der Waals surface area (Å²) in [6, 6.07) is 5.96. The summed E-state index contributed by atoms with van der Waals surface area (Å²) in [7, 11) is 0. The summed E-state index contributed by atoms with van der Waals surface area (Å²) >= 11 is 0. The molecule has 0 spiro atoms. The number of anilines is 1. The molecule has 1 aromatic carbocycles. The van der Waals surface area contributed by atoms with E-state index in [1.54, 1.807) is 24.3 Å². The first-order valence-electron chi connectivity index (χ1n) is 6.69. The summed E-state index contributed by atoms with van der Waals surface area (Å²) in [6.07, 6.45) is 2.09. The molecule has 2 aliphatic rings. The fraction of sp³-hybridized carbons (Fsp3) is 0.267. The van der Waals surface area contributed by atoms with Crippen molar-refractivity contribution in [3.8, 4) is 0 Å². The van der Waals surface area contributed by atoms with Crippen LogP contribution in [0.15, 0.2) is 36.4 Å². The summed E-state index contributed by atoms with van der Waals surface area (Å²) in [4.78, 5) is 34.9. The predicted octanol–water partition coefficient (Wildman–Crippen LogP) is 0.977. The zero-order valence-electron chi connectivity index (χ0n) is 11.3. The molecule has 7 heteroatoms. The van der Waals surface area contributed by atoms with Crippen LogP contribution < -0.4 is 5.32 Å². The third-order valence-corrected chi connectivity index (χ3v) is 3.90. The topological polar surface area (TPSA) is 113 Å². The summed E-state index contributed by atoms with van der Waals surface area (Å²) in [5.74, 6) is -4.68. The van der Waals surface area contributed by atoms with Crippen LogP contribution in [0.2, 0.25) is 0 Å². The predicted molar refractivity (Wildman–Crippen MR) is 74.4 cm³/mol. The summed E-state index contributed by atoms with van der Waals surface area (Å²) in [5, 5.41) is 20.9. The number of amides is 1. The molecule has 114 valence electrons. The van der Waals surface area contributed by atoms with E-state index in [1.165, 1.54) is 12.1 Å². The van der Waals surface area contributed by atoms with Crippen molar-refractivity contribution in [2.45, 2.75) is 12.2 Å². The number of hydrogen-bond donors (Lipinski definition) is 3. The van der Waals surface area contributed by atoms with Crippen LogP contribution >= 0.6 is 0 Å². The van der Waals surface area contributed by atoms with Crippen LogP contribution in [0.4, 0.5) is 5.69 Å². The van der Waals surface area contributed by atoms with Gasteiger partial charge in [0.05, 0.1) is 29.4 Å². The second-order valence-electron chi connectivity index (χ2n) is 5.18. The number of carbonyl (C=O) groups excluding carboxylic acids is 1. The van der Waals surface area contributed by atoms with E-state index in [2.05, 4.69) is 5.32 Å². The van der Waals surface area contributed by atoms with Crippen LogP contribution in [-0.4, -0.2) is 40.3 Å². The Morgan fingerprint density at radius 1 is 1.00 bits per heavy atom. The lowest BCUT2D eigenvalue weighted by molar-refractivity contribution is -0.145. The first-order valence-corrected chi connectivity index (χ1v) is 6.69. The Labute approximate surface area is 125 Å². The number of fused-ring (bicyclic) bond motifs is 2. The van der Waals surface area contributed by atoms with Gasteiger partial charge in [0.2, 0.25) is 5.91 Å². The number of rotatable bonds is 4. The van der Waals surface area contributed by atoms with E-state index < -0.39 is 41.9 Å². The summed E-state index contributed by atoms with van der Waals surface area (Å²) in [6.45, 7) is 0. The van der Waals surface area contributed by atoms with Gasteiger partial charge in [0, 0.05) is 0 Å². The Morgan fingerprint density at radius 2 is 1.64 bits per heavy atom. The van der Waals surface area contributed by atoms with Crippen molar-refractivity contribution in [3.63, 3.8) is 0 Å². The zero-order chi connectivity index (χ0) is 15.9. The molecule has 0 unspecified atom stereocenters. The van der Waals surface area contributed by atoms with E-state index in [-0.39, 0.29) is 11.3 Å². The standard InChI is InChI=1S/C15H13NO6/c17-13(16-8-4-2-1-3-7(8)14(18)19)11-9-5-6-10(22-9)12(11)15(20)21/h1-6,9-12H,(H,16,17)(H,18,19)(H,20,21)/t9-,10-,11+,12-/m1/s1. The molecule has 3 N–H and O–H groups in total. The fourth-order valence-electron chi connectivity index (χ4n) is 2.91. The Bertz CT molecular complexity index is 682. The van der Waals surface area contributed by atoms with Gasteiger partial charge in [-0.2, -0.15) is 0 Å². The molecule has 1 saturated heterocycles. The highest BCUT2D eigenvalue weighted by Crippen LogP contribution is 2.40. The highest BCUT2D eigenvalue weighted by Gasteiger charge is 2.53. The molecule has 0 aliphatic carbocycles. The highest BCUT2D eigenvalue weighted by atomic mass is 16.5. The average molecular weight is 303 g/mol. The molecule has 4 atom stereocenters. The van der Waals surface area contributed by atoms with E-state index in [1.807, 2.05) is 0 Å². The van der Waals surface area contributed by atoms with Gasteiger partial charge in [-0.25, -0.2) is 4.79 Å². The zero-order valence-corrected chi connectivity index (χ0v) is 11.3. The molecule has 0 radical (unpaired) electrons. The van der Waals surface area contributed by atoms with Crippen LogP contribution in [0.5, 0.6) is 0 Å². The average Bonchev–Trinajstić information content (AvgIpc) is 3.08. The van der Waals surface area contributed by atoms with Gasteiger partial charge in [0.15, 0.2) is 0 Å². The number of nitrogens with one attached hydrogen (secondary N) is 1. The van der Waals surface area contributed by atoms with Gasteiger partial charge >= 0.3 is 11.9 Å². The monoisotopic (exact) mass is 303 g/mol. The van der Waals surface area contributed by atoms with Crippen LogP contribution in [-0.2, 0) is 14.3 Å². The third-order valence-electron chi connectivity index (χ3n) is 3.90. The summed E-state index contributed by atoms with van der Waals surface area (Å²) in [5.41, 5.74) is 0.0817. The molecule has 22 heavy (non-hydrogen) atoms. The van der Waals surface area contributed by atoms with Crippen molar-refractivity contribution in [1.29, 1.82) is 0 Å². The van der Waals surface area contributed by atoms with Crippen molar-refractivity contribution >= 4 is 23.5 Å². The molecule has 0 saturated carbocycles. The van der Waals surface area contributed by atoms with E-state index >= 15 is 0 Å². The van der Waals surface area contributed by atoms with Gasteiger partial charge in [-0.1, -0.05) is 24.3 Å². The lowest BCUT2D eigenvalue weighted by Crippen LogP contribution is -2.39. The minimum absolute atomic E-state index is 0.0534. The quantitative estimate of drug-likeness (QED) is 0.715. The van der Waals surface area contributed by atoms with Crippen molar-refractivity contribution in [2.24, 2.45) is 11.8 Å². The smallest absolute Gasteiger partial charge is 0.337 e. The molecule has 1 fully saturated rings. The van der Waals surface area contributed by atoms with Crippen molar-refractivity contribution in [2.75, 3.05) is 5.32 Å². The first kappa shape index (κ1) is 14.3. The second-order valence-corrected chi connectivity index (χ2v) is 5.18. The lowest BCUT2D eigenvalue weighted by Gasteiger charge is -2.21. The van der Waals surface area contributed by atoms with E-state index in [0.29, 0.717) is 0 Å². The van der Waals surface area contributed by atoms with Crippen molar-refractivity contribution in [1.82, 2.24) is 0 Å². The SMILES string of the molecule is O=C(O)c1ccccc1NC(=O)[C@@H]1[C@H](C(=O)O)[C@H]2C=C[C@H]1O2. The number of para-hydroxylation sites is 1.